The van der Waals surface area contributed by atoms with Crippen molar-refractivity contribution in [3.63, 3.8) is 0 Å². The van der Waals surface area contributed by atoms with E-state index in [1.54, 1.807) is 11.3 Å². The topological polar surface area (TPSA) is 35.6 Å². The summed E-state index contributed by atoms with van der Waals surface area (Å²) in [5, 5.41) is 3.41. The van der Waals surface area contributed by atoms with E-state index in [9.17, 15) is 0 Å². The zero-order valence-electron chi connectivity index (χ0n) is 30.5. The minimum Gasteiger partial charge on any atom is -0.354 e. The zero-order valence-corrected chi connectivity index (χ0v) is 31.3. The number of nitrogens with zero attached hydrogens (tertiary/aromatic N) is 4. The first-order valence-corrected chi connectivity index (χ1v) is 16.0. The highest BCUT2D eigenvalue weighted by atomic mass is 32.1. The van der Waals surface area contributed by atoms with E-state index in [0.29, 0.717) is 0 Å². The van der Waals surface area contributed by atoms with E-state index in [1.807, 2.05) is 0 Å². The quantitative estimate of drug-likeness (QED) is 0.263. The largest absolute Gasteiger partial charge is 0.354 e. The number of imidazole rings is 1. The van der Waals surface area contributed by atoms with Crippen LogP contribution in [-0.4, -0.2) is 19.1 Å². The second-order valence-corrected chi connectivity index (χ2v) is 18.7. The van der Waals surface area contributed by atoms with Crippen molar-refractivity contribution in [2.75, 3.05) is 0 Å². The molecule has 234 valence electrons. The highest BCUT2D eigenvalue weighted by Gasteiger charge is 2.25. The molecule has 3 rings (SSSR count). The summed E-state index contributed by atoms with van der Waals surface area (Å²) in [5.41, 5.74) is 6.33. The summed E-state index contributed by atoms with van der Waals surface area (Å²) < 4.78 is 4.39. The molecule has 0 bridgehead atoms. The third-order valence-electron chi connectivity index (χ3n) is 6.87. The lowest BCUT2D eigenvalue weighted by molar-refractivity contribution is 0.516. The summed E-state index contributed by atoms with van der Waals surface area (Å²) in [7, 11) is 4.21. The van der Waals surface area contributed by atoms with Crippen LogP contribution in [0.2, 0.25) is 0 Å². The molecule has 0 radical (unpaired) electrons. The number of hydrogen-bond acceptors (Lipinski definition) is 3. The zero-order chi connectivity index (χ0) is 32.6. The molecule has 0 aliphatic heterocycles. The molecule has 0 saturated carbocycles. The monoisotopic (exact) mass is 584 g/mol. The van der Waals surface area contributed by atoms with E-state index in [1.165, 1.54) is 27.7 Å². The molecule has 0 spiro atoms. The Hall–Kier alpha value is -1.88. The average Bonchev–Trinajstić information content (AvgIpc) is 3.43. The molecule has 0 amide bonds. The number of aromatic nitrogens is 4. The molecule has 0 aliphatic rings. The predicted octanol–water partition coefficient (Wildman–Crippen LogP) is 10.4. The summed E-state index contributed by atoms with van der Waals surface area (Å²) in [4.78, 5) is 9.39. The van der Waals surface area contributed by atoms with Crippen LogP contribution in [0.1, 0.15) is 158 Å². The SMILES string of the molecule is CC(C)(C)c1csc(C(C)(C)C)n1.Cn1cc(C(C)(C)C)cc1C(C)(C)C.Cn1cc(C(C)(C)C)nc1C(C)(C)C. The summed E-state index contributed by atoms with van der Waals surface area (Å²) in [6.45, 7) is 40.0. The summed E-state index contributed by atoms with van der Waals surface area (Å²) in [6, 6.07) is 2.33. The van der Waals surface area contributed by atoms with Gasteiger partial charge >= 0.3 is 0 Å². The van der Waals surface area contributed by atoms with Crippen molar-refractivity contribution in [1.29, 1.82) is 0 Å². The van der Waals surface area contributed by atoms with Crippen molar-refractivity contribution in [1.82, 2.24) is 19.1 Å². The van der Waals surface area contributed by atoms with Crippen molar-refractivity contribution in [3.8, 4) is 0 Å². The summed E-state index contributed by atoms with van der Waals surface area (Å²) in [6.07, 6.45) is 4.39. The highest BCUT2D eigenvalue weighted by Crippen LogP contribution is 2.31. The van der Waals surface area contributed by atoms with Crippen LogP contribution < -0.4 is 0 Å². The van der Waals surface area contributed by atoms with Crippen LogP contribution >= 0.6 is 11.3 Å². The first-order valence-electron chi connectivity index (χ1n) is 15.1. The third-order valence-corrected chi connectivity index (χ3v) is 8.14. The van der Waals surface area contributed by atoms with E-state index in [0.717, 1.165) is 5.82 Å². The first-order chi connectivity index (χ1) is 18.0. The lowest BCUT2D eigenvalue weighted by atomic mass is 9.86. The highest BCUT2D eigenvalue weighted by molar-refractivity contribution is 7.09. The number of aryl methyl sites for hydroxylation is 2. The van der Waals surface area contributed by atoms with Crippen LogP contribution in [0.5, 0.6) is 0 Å². The van der Waals surface area contributed by atoms with E-state index >= 15 is 0 Å². The maximum absolute atomic E-state index is 4.72. The third kappa shape index (κ3) is 11.0. The van der Waals surface area contributed by atoms with Crippen LogP contribution in [0.25, 0.3) is 0 Å². The van der Waals surface area contributed by atoms with E-state index < -0.39 is 0 Å². The van der Waals surface area contributed by atoms with E-state index in [2.05, 4.69) is 177 Å². The fourth-order valence-electron chi connectivity index (χ4n) is 4.21. The van der Waals surface area contributed by atoms with Gasteiger partial charge in [0.1, 0.15) is 5.82 Å². The maximum Gasteiger partial charge on any atom is 0.114 e. The van der Waals surface area contributed by atoms with E-state index in [-0.39, 0.29) is 32.5 Å². The molecule has 0 unspecified atom stereocenters. The molecule has 3 heterocycles. The lowest BCUT2D eigenvalue weighted by Crippen LogP contribution is -2.18. The van der Waals surface area contributed by atoms with Crippen LogP contribution in [0.15, 0.2) is 23.8 Å². The Kier molecular flexibility index (Phi) is 11.2. The molecule has 3 aromatic heterocycles. The molecule has 0 aliphatic carbocycles. The first kappa shape index (κ1) is 37.1. The number of rotatable bonds is 0. The Bertz CT molecular complexity index is 1140. The fourth-order valence-corrected chi connectivity index (χ4v) is 5.34. The van der Waals surface area contributed by atoms with Crippen LogP contribution in [0.3, 0.4) is 0 Å². The molecular formula is C36H64N4S. The summed E-state index contributed by atoms with van der Waals surface area (Å²) >= 11 is 1.77. The van der Waals surface area contributed by atoms with Crippen LogP contribution in [-0.2, 0) is 46.6 Å². The van der Waals surface area contributed by atoms with Crippen molar-refractivity contribution >= 4 is 11.3 Å². The van der Waals surface area contributed by atoms with Gasteiger partial charge < -0.3 is 9.13 Å². The Morgan fingerprint density at radius 2 is 1.00 bits per heavy atom. The Morgan fingerprint density at radius 1 is 0.512 bits per heavy atom. The fraction of sp³-hybridized carbons (Fsp3) is 0.722. The normalized spacial score (nSPS) is 13.4. The molecule has 0 saturated heterocycles. The van der Waals surface area contributed by atoms with Gasteiger partial charge in [-0.2, -0.15) is 0 Å². The lowest BCUT2D eigenvalue weighted by Gasteiger charge is -2.19. The average molecular weight is 585 g/mol. The molecule has 0 fully saturated rings. The molecular weight excluding hydrogens is 520 g/mol. The second kappa shape index (κ2) is 12.4. The molecule has 0 aromatic carbocycles. The van der Waals surface area contributed by atoms with Gasteiger partial charge in [-0.05, 0) is 17.0 Å². The second-order valence-electron chi connectivity index (χ2n) is 17.8. The van der Waals surface area contributed by atoms with Crippen molar-refractivity contribution in [3.05, 3.63) is 57.3 Å². The van der Waals surface area contributed by atoms with Gasteiger partial charge in [-0.1, -0.05) is 125 Å². The van der Waals surface area contributed by atoms with Gasteiger partial charge in [0.25, 0.3) is 0 Å². The minimum absolute atomic E-state index is 0.123. The van der Waals surface area contributed by atoms with Gasteiger partial charge in [0, 0.05) is 64.6 Å². The summed E-state index contributed by atoms with van der Waals surface area (Å²) in [5.74, 6) is 1.16. The Balaban J connectivity index is 0.000000308. The van der Waals surface area contributed by atoms with Gasteiger partial charge in [0.15, 0.2) is 0 Å². The van der Waals surface area contributed by atoms with Gasteiger partial charge in [0.2, 0.25) is 0 Å². The Morgan fingerprint density at radius 3 is 1.22 bits per heavy atom. The van der Waals surface area contributed by atoms with Crippen molar-refractivity contribution < 1.29 is 0 Å². The molecule has 0 atom stereocenters. The standard InChI is InChI=1S/C13H23N.C12H22N2.C11H19NS/c1-12(2,3)10-8-11(13(4,5)6)14(7)9-10;1-11(2,3)9-8-14(7)10(13-9)12(4,5)6;1-10(2,3)8-7-13-9(12-8)11(4,5)6/h8-9H,1-7H3;8H,1-7H3;7H,1-6H3. The number of hydrogen-bond donors (Lipinski definition) is 0. The molecule has 3 aromatic rings. The van der Waals surface area contributed by atoms with Crippen LogP contribution in [0, 0.1) is 0 Å². The van der Waals surface area contributed by atoms with Gasteiger partial charge in [-0.3, -0.25) is 0 Å². The van der Waals surface area contributed by atoms with Crippen LogP contribution in [0.4, 0.5) is 0 Å². The molecule has 41 heavy (non-hydrogen) atoms. The minimum atomic E-state index is 0.123. The van der Waals surface area contributed by atoms with Gasteiger partial charge in [0.05, 0.1) is 16.4 Å². The van der Waals surface area contributed by atoms with Gasteiger partial charge in [-0.15, -0.1) is 11.3 Å². The van der Waals surface area contributed by atoms with Crippen molar-refractivity contribution in [2.24, 2.45) is 14.1 Å². The van der Waals surface area contributed by atoms with E-state index in [4.69, 9.17) is 4.98 Å². The molecule has 4 nitrogen and oxygen atoms in total. The molecule has 5 heteroatoms. The maximum atomic E-state index is 4.72. The smallest absolute Gasteiger partial charge is 0.114 e. The predicted molar refractivity (Wildman–Crippen MR) is 183 cm³/mol. The molecule has 0 N–H and O–H groups in total. The van der Waals surface area contributed by atoms with Crippen molar-refractivity contribution in [2.45, 2.75) is 157 Å². The van der Waals surface area contributed by atoms with Gasteiger partial charge in [-0.25, -0.2) is 9.97 Å². The number of thiazole rings is 1. The Labute approximate surface area is 258 Å².